The van der Waals surface area contributed by atoms with Crippen molar-refractivity contribution in [3.8, 4) is 0 Å². The minimum absolute atomic E-state index is 0. The molecule has 0 spiro atoms. The molecule has 0 bridgehead atoms. The van der Waals surface area contributed by atoms with E-state index in [0.29, 0.717) is 10.5 Å². The lowest BCUT2D eigenvalue weighted by molar-refractivity contribution is 0.429. The smallest absolute Gasteiger partial charge is 0.137 e. The third-order valence-electron chi connectivity index (χ3n) is 2.39. The maximum absolute atomic E-state index is 13.0. The molecule has 1 aromatic carbocycles. The normalized spacial score (nSPS) is 20.8. The number of hydrogen-bond acceptors (Lipinski definition) is 2. The van der Waals surface area contributed by atoms with Crippen molar-refractivity contribution >= 4 is 28.3 Å². The maximum Gasteiger partial charge on any atom is 0.137 e. The van der Waals surface area contributed by atoms with E-state index in [-0.39, 0.29) is 18.2 Å². The third-order valence-corrected chi connectivity index (χ3v) is 2.99. The van der Waals surface area contributed by atoms with Gasteiger partial charge in [-0.1, -0.05) is 6.07 Å². The lowest BCUT2D eigenvalue weighted by Crippen LogP contribution is -2.42. The Hall–Kier alpha value is -0.160. The molecule has 84 valence electrons. The van der Waals surface area contributed by atoms with Crippen LogP contribution in [0.25, 0.3) is 0 Å². The fourth-order valence-corrected chi connectivity index (χ4v) is 2.01. The van der Waals surface area contributed by atoms with Crippen LogP contribution in [-0.4, -0.2) is 19.6 Å². The van der Waals surface area contributed by atoms with Crippen molar-refractivity contribution in [2.24, 2.45) is 0 Å². The number of hydrogen-bond donors (Lipinski definition) is 2. The molecule has 1 atom stereocenters. The predicted molar refractivity (Wildman–Crippen MR) is 65.0 cm³/mol. The molecule has 1 fully saturated rings. The van der Waals surface area contributed by atoms with Gasteiger partial charge in [-0.25, -0.2) is 4.39 Å². The van der Waals surface area contributed by atoms with Crippen LogP contribution in [0.15, 0.2) is 22.7 Å². The average Bonchev–Trinajstić information content (AvgIpc) is 2.23. The molecule has 1 aliphatic rings. The Balaban J connectivity index is 0.00000112. The summed E-state index contributed by atoms with van der Waals surface area (Å²) in [6.45, 7) is 2.86. The summed E-state index contributed by atoms with van der Waals surface area (Å²) in [5, 5.41) is 6.67. The summed E-state index contributed by atoms with van der Waals surface area (Å²) in [5.41, 5.74) is 1.12. The minimum atomic E-state index is -0.211. The van der Waals surface area contributed by atoms with Crippen LogP contribution in [0.3, 0.4) is 0 Å². The van der Waals surface area contributed by atoms with Gasteiger partial charge in [-0.05, 0) is 33.6 Å². The first-order chi connectivity index (χ1) is 6.77. The van der Waals surface area contributed by atoms with Crippen molar-refractivity contribution in [2.75, 3.05) is 19.6 Å². The van der Waals surface area contributed by atoms with Gasteiger partial charge >= 0.3 is 0 Å². The number of rotatable bonds is 1. The molecule has 1 aliphatic heterocycles. The lowest BCUT2D eigenvalue weighted by atomic mass is 10.1. The summed E-state index contributed by atoms with van der Waals surface area (Å²) in [6, 6.07) is 5.45. The first-order valence-electron chi connectivity index (χ1n) is 4.66. The summed E-state index contributed by atoms with van der Waals surface area (Å²) in [6.07, 6.45) is 0. The molecule has 0 aliphatic carbocycles. The average molecular weight is 296 g/mol. The highest BCUT2D eigenvalue weighted by atomic mass is 79.9. The highest BCUT2D eigenvalue weighted by Gasteiger charge is 2.14. The van der Waals surface area contributed by atoms with Gasteiger partial charge in [-0.2, -0.15) is 0 Å². The van der Waals surface area contributed by atoms with Crippen LogP contribution < -0.4 is 10.6 Å². The third kappa shape index (κ3) is 3.14. The van der Waals surface area contributed by atoms with E-state index in [2.05, 4.69) is 26.6 Å². The van der Waals surface area contributed by atoms with Gasteiger partial charge in [0, 0.05) is 25.7 Å². The molecular weight excluding hydrogens is 282 g/mol. The van der Waals surface area contributed by atoms with E-state index in [1.807, 2.05) is 12.1 Å². The Bertz CT molecular complexity index is 329. The Kier molecular flexibility index (Phi) is 4.99. The molecule has 5 heteroatoms. The van der Waals surface area contributed by atoms with Crippen LogP contribution in [0.5, 0.6) is 0 Å². The van der Waals surface area contributed by atoms with Crippen molar-refractivity contribution in [3.05, 3.63) is 34.1 Å². The Morgan fingerprint density at radius 3 is 2.73 bits per heavy atom. The highest BCUT2D eigenvalue weighted by molar-refractivity contribution is 9.10. The van der Waals surface area contributed by atoms with Crippen molar-refractivity contribution in [1.29, 1.82) is 0 Å². The first kappa shape index (κ1) is 12.9. The molecule has 2 nitrogen and oxygen atoms in total. The van der Waals surface area contributed by atoms with Crippen LogP contribution in [-0.2, 0) is 0 Å². The highest BCUT2D eigenvalue weighted by Crippen LogP contribution is 2.21. The second-order valence-electron chi connectivity index (χ2n) is 3.38. The van der Waals surface area contributed by atoms with E-state index < -0.39 is 0 Å². The second-order valence-corrected chi connectivity index (χ2v) is 4.24. The Morgan fingerprint density at radius 2 is 2.13 bits per heavy atom. The van der Waals surface area contributed by atoms with Gasteiger partial charge in [0.05, 0.1) is 4.47 Å². The van der Waals surface area contributed by atoms with Crippen molar-refractivity contribution in [1.82, 2.24) is 10.6 Å². The molecule has 1 aromatic rings. The van der Waals surface area contributed by atoms with Gasteiger partial charge in [-0.15, -0.1) is 12.4 Å². The second kappa shape index (κ2) is 5.80. The first-order valence-corrected chi connectivity index (χ1v) is 5.46. The van der Waals surface area contributed by atoms with Crippen molar-refractivity contribution < 1.29 is 4.39 Å². The molecule has 2 rings (SSSR count). The van der Waals surface area contributed by atoms with Crippen LogP contribution in [0.1, 0.15) is 11.6 Å². The number of benzene rings is 1. The number of halogens is 3. The van der Waals surface area contributed by atoms with Crippen molar-refractivity contribution in [3.63, 3.8) is 0 Å². The maximum atomic E-state index is 13.0. The molecule has 2 N–H and O–H groups in total. The largest absolute Gasteiger partial charge is 0.314 e. The van der Waals surface area contributed by atoms with Crippen LogP contribution in [0.4, 0.5) is 4.39 Å². The molecule has 0 amide bonds. The molecule has 0 saturated carbocycles. The fourth-order valence-electron chi connectivity index (χ4n) is 1.62. The summed E-state index contributed by atoms with van der Waals surface area (Å²) in [7, 11) is 0. The SMILES string of the molecule is Cl.Fc1ccc([C@@H]2CNCCN2)cc1Br. The summed E-state index contributed by atoms with van der Waals surface area (Å²) in [4.78, 5) is 0. The van der Waals surface area contributed by atoms with E-state index in [9.17, 15) is 4.39 Å². The van der Waals surface area contributed by atoms with Crippen LogP contribution in [0, 0.1) is 5.82 Å². The molecule has 15 heavy (non-hydrogen) atoms. The zero-order chi connectivity index (χ0) is 9.97. The van der Waals surface area contributed by atoms with Gasteiger partial charge in [0.15, 0.2) is 0 Å². The standard InChI is InChI=1S/C10H12BrFN2.ClH/c11-8-5-7(1-2-9(8)12)10-6-13-3-4-14-10;/h1-2,5,10,13-14H,3-4,6H2;1H/t10-;/m0./s1. The zero-order valence-corrected chi connectivity index (χ0v) is 10.5. The zero-order valence-electron chi connectivity index (χ0n) is 8.09. The number of piperazine rings is 1. The molecule has 0 unspecified atom stereocenters. The Labute approximate surface area is 103 Å². The summed E-state index contributed by atoms with van der Waals surface area (Å²) >= 11 is 3.19. The summed E-state index contributed by atoms with van der Waals surface area (Å²) in [5.74, 6) is -0.211. The quantitative estimate of drug-likeness (QED) is 0.830. The Morgan fingerprint density at radius 1 is 1.33 bits per heavy atom. The van der Waals surface area contributed by atoms with Crippen LogP contribution in [0.2, 0.25) is 0 Å². The van der Waals surface area contributed by atoms with Crippen LogP contribution >= 0.6 is 28.3 Å². The van der Waals surface area contributed by atoms with E-state index in [1.165, 1.54) is 6.07 Å². The fraction of sp³-hybridized carbons (Fsp3) is 0.400. The van der Waals surface area contributed by atoms with Gasteiger partial charge in [-0.3, -0.25) is 0 Å². The van der Waals surface area contributed by atoms with Crippen molar-refractivity contribution in [2.45, 2.75) is 6.04 Å². The predicted octanol–water partition coefficient (Wildman–Crippen LogP) is 2.24. The van der Waals surface area contributed by atoms with E-state index >= 15 is 0 Å². The van der Waals surface area contributed by atoms with E-state index in [1.54, 1.807) is 0 Å². The van der Waals surface area contributed by atoms with Gasteiger partial charge in [0.2, 0.25) is 0 Å². The van der Waals surface area contributed by atoms with E-state index in [4.69, 9.17) is 0 Å². The topological polar surface area (TPSA) is 24.1 Å². The summed E-state index contributed by atoms with van der Waals surface area (Å²) < 4.78 is 13.5. The molecular formula is C10H13BrClFN2. The van der Waals surface area contributed by atoms with E-state index in [0.717, 1.165) is 25.2 Å². The lowest BCUT2D eigenvalue weighted by Gasteiger charge is -2.25. The van der Waals surface area contributed by atoms with Gasteiger partial charge in [0.1, 0.15) is 5.82 Å². The minimum Gasteiger partial charge on any atom is -0.314 e. The molecule has 0 aromatic heterocycles. The molecule has 1 saturated heterocycles. The number of nitrogens with one attached hydrogen (secondary N) is 2. The monoisotopic (exact) mass is 294 g/mol. The molecule has 0 radical (unpaired) electrons. The van der Waals surface area contributed by atoms with Gasteiger partial charge < -0.3 is 10.6 Å². The van der Waals surface area contributed by atoms with Gasteiger partial charge in [0.25, 0.3) is 0 Å². The molecule has 1 heterocycles.